The van der Waals surface area contributed by atoms with Gasteiger partial charge in [-0.25, -0.2) is 9.18 Å². The van der Waals surface area contributed by atoms with Crippen molar-refractivity contribution in [3.05, 3.63) is 40.7 Å². The predicted octanol–water partition coefficient (Wildman–Crippen LogP) is 2.63. The molecule has 1 aromatic rings. The lowest BCUT2D eigenvalue weighted by Gasteiger charge is -2.02. The average molecular weight is 208 g/mol. The van der Waals surface area contributed by atoms with Gasteiger partial charge in [0.2, 0.25) is 0 Å². The van der Waals surface area contributed by atoms with Crippen molar-refractivity contribution in [3.63, 3.8) is 0 Å². The first-order valence-electron chi connectivity index (χ1n) is 4.57. The molecule has 1 aromatic carbocycles. The third kappa shape index (κ3) is 2.91. The number of benzene rings is 1. The van der Waals surface area contributed by atoms with Crippen LogP contribution in [-0.2, 0) is 9.53 Å². The van der Waals surface area contributed by atoms with Gasteiger partial charge < -0.3 is 4.74 Å². The lowest BCUT2D eigenvalue weighted by Crippen LogP contribution is -1.94. The van der Waals surface area contributed by atoms with Gasteiger partial charge in [0.15, 0.2) is 0 Å². The zero-order chi connectivity index (χ0) is 11.4. The molecule has 0 spiro atoms. The van der Waals surface area contributed by atoms with Crippen LogP contribution in [0.15, 0.2) is 18.2 Å². The van der Waals surface area contributed by atoms with Crippen molar-refractivity contribution in [2.45, 2.75) is 13.8 Å². The number of methoxy groups -OCH3 is 1. The summed E-state index contributed by atoms with van der Waals surface area (Å²) in [5.74, 6) is -0.625. The zero-order valence-corrected chi connectivity index (χ0v) is 9.00. The standard InChI is InChI=1S/C12H13FO2/c1-8-6-10(4-5-11(14)15-3)7-9(2)12(8)13/h4-7H,1-3H3. The van der Waals surface area contributed by atoms with Crippen LogP contribution >= 0.6 is 0 Å². The Morgan fingerprint density at radius 2 is 1.87 bits per heavy atom. The smallest absolute Gasteiger partial charge is 0.330 e. The molecule has 0 atom stereocenters. The van der Waals surface area contributed by atoms with Gasteiger partial charge in [0.05, 0.1) is 7.11 Å². The first kappa shape index (κ1) is 11.4. The number of esters is 1. The van der Waals surface area contributed by atoms with Gasteiger partial charge in [-0.1, -0.05) is 0 Å². The number of aryl methyl sites for hydroxylation is 2. The van der Waals surface area contributed by atoms with Crippen LogP contribution in [0.4, 0.5) is 4.39 Å². The van der Waals surface area contributed by atoms with Crippen LogP contribution in [0.5, 0.6) is 0 Å². The van der Waals surface area contributed by atoms with E-state index in [0.717, 1.165) is 5.56 Å². The second-order valence-corrected chi connectivity index (χ2v) is 3.33. The van der Waals surface area contributed by atoms with Crippen molar-refractivity contribution in [2.75, 3.05) is 7.11 Å². The van der Waals surface area contributed by atoms with E-state index in [2.05, 4.69) is 4.74 Å². The largest absolute Gasteiger partial charge is 0.466 e. The minimum absolute atomic E-state index is 0.204. The van der Waals surface area contributed by atoms with E-state index in [1.165, 1.54) is 13.2 Å². The van der Waals surface area contributed by atoms with Crippen molar-refractivity contribution >= 4 is 12.0 Å². The maximum absolute atomic E-state index is 13.3. The van der Waals surface area contributed by atoms with Crippen LogP contribution < -0.4 is 0 Å². The number of hydrogen-bond acceptors (Lipinski definition) is 2. The molecular weight excluding hydrogens is 195 g/mol. The maximum atomic E-state index is 13.3. The molecule has 0 aliphatic heterocycles. The predicted molar refractivity (Wildman–Crippen MR) is 56.9 cm³/mol. The average Bonchev–Trinajstić information content (AvgIpc) is 2.22. The van der Waals surface area contributed by atoms with E-state index >= 15 is 0 Å². The molecule has 3 heteroatoms. The van der Waals surface area contributed by atoms with E-state index in [9.17, 15) is 9.18 Å². The Morgan fingerprint density at radius 3 is 2.33 bits per heavy atom. The van der Waals surface area contributed by atoms with Gasteiger partial charge in [-0.05, 0) is 48.7 Å². The minimum atomic E-state index is -0.422. The molecule has 0 saturated carbocycles. The summed E-state index contributed by atoms with van der Waals surface area (Å²) in [6.45, 7) is 3.38. The highest BCUT2D eigenvalue weighted by Crippen LogP contribution is 2.15. The Labute approximate surface area is 88.4 Å². The number of rotatable bonds is 2. The van der Waals surface area contributed by atoms with Crippen LogP contribution in [0, 0.1) is 19.7 Å². The molecule has 0 N–H and O–H groups in total. The Morgan fingerprint density at radius 1 is 1.33 bits per heavy atom. The van der Waals surface area contributed by atoms with E-state index in [-0.39, 0.29) is 5.82 Å². The summed E-state index contributed by atoms with van der Waals surface area (Å²) < 4.78 is 17.7. The first-order valence-corrected chi connectivity index (χ1v) is 4.57. The quantitative estimate of drug-likeness (QED) is 0.551. The van der Waals surface area contributed by atoms with E-state index in [1.807, 2.05) is 0 Å². The Kier molecular flexibility index (Phi) is 3.61. The highest BCUT2D eigenvalue weighted by molar-refractivity contribution is 5.86. The molecule has 0 fully saturated rings. The van der Waals surface area contributed by atoms with Crippen molar-refractivity contribution < 1.29 is 13.9 Å². The van der Waals surface area contributed by atoms with Crippen LogP contribution in [0.1, 0.15) is 16.7 Å². The third-order valence-electron chi connectivity index (χ3n) is 2.07. The van der Waals surface area contributed by atoms with E-state index in [1.54, 1.807) is 32.1 Å². The number of hydrogen-bond donors (Lipinski definition) is 0. The fraction of sp³-hybridized carbons (Fsp3) is 0.250. The van der Waals surface area contributed by atoms with Crippen LogP contribution in [0.2, 0.25) is 0 Å². The van der Waals surface area contributed by atoms with Crippen molar-refractivity contribution in [3.8, 4) is 0 Å². The third-order valence-corrected chi connectivity index (χ3v) is 2.07. The van der Waals surface area contributed by atoms with E-state index < -0.39 is 5.97 Å². The second-order valence-electron chi connectivity index (χ2n) is 3.33. The SMILES string of the molecule is COC(=O)C=Cc1cc(C)c(F)c(C)c1. The van der Waals surface area contributed by atoms with Crippen molar-refractivity contribution in [1.29, 1.82) is 0 Å². The van der Waals surface area contributed by atoms with Crippen LogP contribution in [-0.4, -0.2) is 13.1 Å². The van der Waals surface area contributed by atoms with Gasteiger partial charge in [-0.2, -0.15) is 0 Å². The summed E-state index contributed by atoms with van der Waals surface area (Å²) >= 11 is 0. The maximum Gasteiger partial charge on any atom is 0.330 e. The minimum Gasteiger partial charge on any atom is -0.466 e. The molecule has 0 unspecified atom stereocenters. The number of carbonyl (C=O) groups is 1. The number of halogens is 1. The summed E-state index contributed by atoms with van der Waals surface area (Å²) in [6, 6.07) is 3.36. The van der Waals surface area contributed by atoms with Gasteiger partial charge in [0.1, 0.15) is 5.82 Å². The van der Waals surface area contributed by atoms with E-state index in [4.69, 9.17) is 0 Å². The molecule has 0 aliphatic rings. The summed E-state index contributed by atoms with van der Waals surface area (Å²) in [5.41, 5.74) is 1.93. The van der Waals surface area contributed by atoms with E-state index in [0.29, 0.717) is 11.1 Å². The Balaban J connectivity index is 2.97. The van der Waals surface area contributed by atoms with Gasteiger partial charge in [0.25, 0.3) is 0 Å². The second kappa shape index (κ2) is 4.73. The first-order chi connectivity index (χ1) is 7.04. The summed E-state index contributed by atoms with van der Waals surface area (Å²) in [5, 5.41) is 0. The zero-order valence-electron chi connectivity index (χ0n) is 9.00. The Bertz CT molecular complexity index is 385. The van der Waals surface area contributed by atoms with Crippen molar-refractivity contribution in [2.24, 2.45) is 0 Å². The molecule has 0 radical (unpaired) electrons. The molecule has 0 amide bonds. The van der Waals surface area contributed by atoms with Crippen molar-refractivity contribution in [1.82, 2.24) is 0 Å². The van der Waals surface area contributed by atoms with Crippen LogP contribution in [0.3, 0.4) is 0 Å². The molecule has 0 bridgehead atoms. The molecule has 80 valence electrons. The van der Waals surface area contributed by atoms with Gasteiger partial charge in [-0.15, -0.1) is 0 Å². The normalized spacial score (nSPS) is 10.7. The highest BCUT2D eigenvalue weighted by Gasteiger charge is 2.02. The fourth-order valence-electron chi connectivity index (χ4n) is 1.31. The summed E-state index contributed by atoms with van der Waals surface area (Å²) in [7, 11) is 1.31. The summed E-state index contributed by atoms with van der Waals surface area (Å²) in [4.78, 5) is 10.8. The van der Waals surface area contributed by atoms with Gasteiger partial charge in [0, 0.05) is 6.08 Å². The lowest BCUT2D eigenvalue weighted by molar-refractivity contribution is -0.134. The number of ether oxygens (including phenoxy) is 1. The molecule has 0 aromatic heterocycles. The number of carbonyl (C=O) groups excluding carboxylic acids is 1. The van der Waals surface area contributed by atoms with Gasteiger partial charge >= 0.3 is 5.97 Å². The monoisotopic (exact) mass is 208 g/mol. The molecule has 0 saturated heterocycles. The highest BCUT2D eigenvalue weighted by atomic mass is 19.1. The summed E-state index contributed by atoms with van der Waals surface area (Å²) in [6.07, 6.45) is 2.91. The molecule has 0 aliphatic carbocycles. The molecular formula is C12H13FO2. The fourth-order valence-corrected chi connectivity index (χ4v) is 1.31. The molecule has 15 heavy (non-hydrogen) atoms. The Hall–Kier alpha value is -1.64. The molecule has 0 heterocycles. The lowest BCUT2D eigenvalue weighted by atomic mass is 10.1. The van der Waals surface area contributed by atoms with Crippen LogP contribution in [0.25, 0.3) is 6.08 Å². The van der Waals surface area contributed by atoms with Gasteiger partial charge in [-0.3, -0.25) is 0 Å². The molecule has 1 rings (SSSR count). The topological polar surface area (TPSA) is 26.3 Å². The molecule has 2 nitrogen and oxygen atoms in total.